The van der Waals surface area contributed by atoms with Gasteiger partial charge in [0.25, 0.3) is 0 Å². The highest BCUT2D eigenvalue weighted by atomic mass is 32.1. The number of benzene rings is 1. The zero-order chi connectivity index (χ0) is 17.4. The van der Waals surface area contributed by atoms with Gasteiger partial charge in [-0.25, -0.2) is 4.39 Å². The van der Waals surface area contributed by atoms with Crippen LogP contribution in [0.2, 0.25) is 0 Å². The second-order valence-corrected chi connectivity index (χ2v) is 7.20. The number of nitrogens with zero attached hydrogens (tertiary/aromatic N) is 2. The van der Waals surface area contributed by atoms with Gasteiger partial charge in [0.1, 0.15) is 5.82 Å². The summed E-state index contributed by atoms with van der Waals surface area (Å²) in [6.45, 7) is 2.61. The van der Waals surface area contributed by atoms with E-state index >= 15 is 0 Å². The molecule has 2 aromatic heterocycles. The number of aromatic nitrogens is 1. The minimum atomic E-state index is -0.376. The Labute approximate surface area is 149 Å². The molecule has 1 fully saturated rings. The van der Waals surface area contributed by atoms with Crippen LogP contribution in [0.4, 0.5) is 15.8 Å². The molecular weight excluding hydrogens is 337 g/mol. The number of carbonyl (C=O) groups excluding carboxylic acids is 1. The monoisotopic (exact) mass is 355 g/mol. The van der Waals surface area contributed by atoms with Gasteiger partial charge in [-0.05, 0) is 54.6 Å². The van der Waals surface area contributed by atoms with Crippen molar-refractivity contribution in [1.29, 1.82) is 0 Å². The summed E-state index contributed by atoms with van der Waals surface area (Å²) < 4.78 is 15.6. The standard InChI is InChI=1S/C19H18FN3OS/c1-12(13-9-18-16(21-11-13)6-8-25-18)22-14-4-5-17(15(20)10-14)23-7-2-3-19(23)24/h4-6,8-12,22H,2-3,7H2,1H3/t12-/m1/s1. The third kappa shape index (κ3) is 3.09. The van der Waals surface area contributed by atoms with Crippen LogP contribution >= 0.6 is 11.3 Å². The molecule has 4 nitrogen and oxygen atoms in total. The Morgan fingerprint density at radius 2 is 2.20 bits per heavy atom. The average molecular weight is 355 g/mol. The molecule has 1 aliphatic rings. The van der Waals surface area contributed by atoms with Gasteiger partial charge in [-0.1, -0.05) is 0 Å². The molecule has 128 valence electrons. The van der Waals surface area contributed by atoms with Gasteiger partial charge >= 0.3 is 0 Å². The SMILES string of the molecule is C[C@@H](Nc1ccc(N2CCCC2=O)c(F)c1)c1cnc2ccsc2c1. The highest BCUT2D eigenvalue weighted by Gasteiger charge is 2.24. The quantitative estimate of drug-likeness (QED) is 0.735. The molecule has 0 saturated carbocycles. The maximum atomic E-state index is 14.5. The summed E-state index contributed by atoms with van der Waals surface area (Å²) in [7, 11) is 0. The predicted octanol–water partition coefficient (Wildman–Crippen LogP) is 4.74. The summed E-state index contributed by atoms with van der Waals surface area (Å²) in [6, 6.07) is 9.05. The lowest BCUT2D eigenvalue weighted by atomic mass is 10.1. The molecule has 0 spiro atoms. The fraction of sp³-hybridized carbons (Fsp3) is 0.263. The molecule has 0 bridgehead atoms. The molecule has 1 atom stereocenters. The first kappa shape index (κ1) is 16.0. The Hall–Kier alpha value is -2.47. The molecule has 6 heteroatoms. The van der Waals surface area contributed by atoms with Crippen molar-refractivity contribution in [3.8, 4) is 0 Å². The molecule has 1 saturated heterocycles. The van der Waals surface area contributed by atoms with E-state index in [2.05, 4.69) is 16.4 Å². The van der Waals surface area contributed by atoms with Crippen LogP contribution in [0, 0.1) is 5.82 Å². The molecule has 3 heterocycles. The van der Waals surface area contributed by atoms with E-state index in [1.807, 2.05) is 30.6 Å². The maximum Gasteiger partial charge on any atom is 0.227 e. The molecule has 1 amide bonds. The van der Waals surface area contributed by atoms with Crippen molar-refractivity contribution in [3.05, 3.63) is 53.3 Å². The van der Waals surface area contributed by atoms with Crippen molar-refractivity contribution in [2.24, 2.45) is 0 Å². The Kier molecular flexibility index (Phi) is 4.13. The predicted molar refractivity (Wildman–Crippen MR) is 99.6 cm³/mol. The number of carbonyl (C=O) groups is 1. The molecule has 0 radical (unpaired) electrons. The highest BCUT2D eigenvalue weighted by molar-refractivity contribution is 7.17. The Morgan fingerprint density at radius 3 is 2.96 bits per heavy atom. The van der Waals surface area contributed by atoms with Crippen LogP contribution < -0.4 is 10.2 Å². The highest BCUT2D eigenvalue weighted by Crippen LogP contribution is 2.29. The Morgan fingerprint density at radius 1 is 1.32 bits per heavy atom. The molecule has 0 aliphatic carbocycles. The summed E-state index contributed by atoms with van der Waals surface area (Å²) in [6.07, 6.45) is 3.13. The number of amides is 1. The number of hydrogen-bond acceptors (Lipinski definition) is 4. The fourth-order valence-corrected chi connectivity index (χ4v) is 3.94. The summed E-state index contributed by atoms with van der Waals surface area (Å²) in [5, 5.41) is 5.33. The van der Waals surface area contributed by atoms with Crippen LogP contribution in [-0.4, -0.2) is 17.4 Å². The van der Waals surface area contributed by atoms with E-state index in [0.717, 1.165) is 22.2 Å². The second kappa shape index (κ2) is 6.44. The fourth-order valence-electron chi connectivity index (χ4n) is 3.15. The lowest BCUT2D eigenvalue weighted by Gasteiger charge is -2.19. The smallest absolute Gasteiger partial charge is 0.227 e. The number of pyridine rings is 1. The molecule has 4 rings (SSSR count). The first-order valence-electron chi connectivity index (χ1n) is 8.31. The van der Waals surface area contributed by atoms with Crippen molar-refractivity contribution >= 4 is 38.8 Å². The van der Waals surface area contributed by atoms with Crippen LogP contribution in [0.1, 0.15) is 31.4 Å². The van der Waals surface area contributed by atoms with E-state index in [0.29, 0.717) is 24.3 Å². The molecular formula is C19H18FN3OS. The zero-order valence-corrected chi connectivity index (χ0v) is 14.6. The van der Waals surface area contributed by atoms with Crippen molar-refractivity contribution in [2.45, 2.75) is 25.8 Å². The van der Waals surface area contributed by atoms with Crippen LogP contribution in [0.3, 0.4) is 0 Å². The Bertz CT molecular complexity index is 939. The van der Waals surface area contributed by atoms with E-state index in [4.69, 9.17) is 0 Å². The average Bonchev–Trinajstić information content (AvgIpc) is 3.23. The van der Waals surface area contributed by atoms with Gasteiger partial charge in [0.05, 0.1) is 21.9 Å². The molecule has 1 aliphatic heterocycles. The maximum absolute atomic E-state index is 14.5. The Balaban J connectivity index is 1.53. The van der Waals surface area contributed by atoms with Crippen molar-refractivity contribution < 1.29 is 9.18 Å². The number of thiophene rings is 1. The molecule has 0 unspecified atom stereocenters. The summed E-state index contributed by atoms with van der Waals surface area (Å²) in [5.74, 6) is -0.386. The van der Waals surface area contributed by atoms with Gasteiger partial charge in [-0.15, -0.1) is 11.3 Å². The van der Waals surface area contributed by atoms with Crippen LogP contribution in [0.5, 0.6) is 0 Å². The number of halogens is 1. The number of hydrogen-bond donors (Lipinski definition) is 1. The summed E-state index contributed by atoms with van der Waals surface area (Å²) in [5.41, 5.74) is 3.09. The van der Waals surface area contributed by atoms with E-state index in [1.165, 1.54) is 11.0 Å². The van der Waals surface area contributed by atoms with Gasteiger partial charge < -0.3 is 10.2 Å². The van der Waals surface area contributed by atoms with E-state index in [1.54, 1.807) is 17.4 Å². The lowest BCUT2D eigenvalue weighted by Crippen LogP contribution is -2.24. The van der Waals surface area contributed by atoms with Crippen molar-refractivity contribution in [1.82, 2.24) is 4.98 Å². The molecule has 3 aromatic rings. The van der Waals surface area contributed by atoms with Gasteiger partial charge in [-0.2, -0.15) is 0 Å². The molecule has 1 aromatic carbocycles. The van der Waals surface area contributed by atoms with Crippen LogP contribution in [0.25, 0.3) is 10.2 Å². The first-order valence-corrected chi connectivity index (χ1v) is 9.19. The largest absolute Gasteiger partial charge is 0.378 e. The topological polar surface area (TPSA) is 45.2 Å². The van der Waals surface area contributed by atoms with Crippen LogP contribution in [-0.2, 0) is 4.79 Å². The number of nitrogens with one attached hydrogen (secondary N) is 1. The van der Waals surface area contributed by atoms with Crippen molar-refractivity contribution in [2.75, 3.05) is 16.8 Å². The van der Waals surface area contributed by atoms with Crippen molar-refractivity contribution in [3.63, 3.8) is 0 Å². The number of rotatable bonds is 4. The lowest BCUT2D eigenvalue weighted by molar-refractivity contribution is -0.117. The van der Waals surface area contributed by atoms with E-state index in [-0.39, 0.29) is 17.8 Å². The zero-order valence-electron chi connectivity index (χ0n) is 13.8. The summed E-state index contributed by atoms with van der Waals surface area (Å²) >= 11 is 1.66. The van der Waals surface area contributed by atoms with E-state index in [9.17, 15) is 9.18 Å². The van der Waals surface area contributed by atoms with E-state index < -0.39 is 0 Å². The third-order valence-electron chi connectivity index (χ3n) is 4.52. The van der Waals surface area contributed by atoms with Gasteiger partial charge in [0, 0.05) is 24.8 Å². The minimum Gasteiger partial charge on any atom is -0.378 e. The van der Waals surface area contributed by atoms with Crippen LogP contribution in [0.15, 0.2) is 41.9 Å². The van der Waals surface area contributed by atoms with Gasteiger partial charge in [0.2, 0.25) is 5.91 Å². The number of anilines is 2. The molecule has 1 N–H and O–H groups in total. The minimum absolute atomic E-state index is 0.00216. The van der Waals surface area contributed by atoms with Gasteiger partial charge in [0.15, 0.2) is 0 Å². The normalized spacial score (nSPS) is 15.8. The number of fused-ring (bicyclic) bond motifs is 1. The third-order valence-corrected chi connectivity index (χ3v) is 5.37. The second-order valence-electron chi connectivity index (χ2n) is 6.25. The first-order chi connectivity index (χ1) is 12.1. The van der Waals surface area contributed by atoms with Gasteiger partial charge in [-0.3, -0.25) is 9.78 Å². The summed E-state index contributed by atoms with van der Waals surface area (Å²) in [4.78, 5) is 17.8. The molecule has 25 heavy (non-hydrogen) atoms.